The zero-order chi connectivity index (χ0) is 33.2. The van der Waals surface area contributed by atoms with E-state index in [0.717, 1.165) is 53.1 Å². The van der Waals surface area contributed by atoms with E-state index in [2.05, 4.69) is 5.32 Å². The minimum Gasteiger partial charge on any atom is -0.495 e. The molecule has 0 spiro atoms. The maximum absolute atomic E-state index is 14.7. The van der Waals surface area contributed by atoms with Crippen LogP contribution in [0.3, 0.4) is 0 Å². The smallest absolute Gasteiger partial charge is 0.264 e. The summed E-state index contributed by atoms with van der Waals surface area (Å²) in [5.74, 6) is -0.430. The van der Waals surface area contributed by atoms with Crippen molar-refractivity contribution in [3.63, 3.8) is 0 Å². The van der Waals surface area contributed by atoms with E-state index >= 15 is 0 Å². The van der Waals surface area contributed by atoms with Crippen LogP contribution in [0.1, 0.15) is 48.8 Å². The highest BCUT2D eigenvalue weighted by molar-refractivity contribution is 7.92. The standard InChI is InChI=1S/C38H43N3O5S/c1-29-23-24-36(46-2)34(25-29)41(47(44,45)33-21-13-6-14-22-33)28-37(42)40(27-31-17-9-4-10-18-31)35(26-30-15-7-3-8-16-30)38(43)39-32-19-11-5-12-20-32/h3-4,6-10,13-18,21-25,32,35H,5,11-12,19-20,26-28H2,1-2H3,(H,39,43)/t35-/m0/s1. The van der Waals surface area contributed by atoms with Gasteiger partial charge < -0.3 is 15.0 Å². The first-order valence-corrected chi connectivity index (χ1v) is 17.6. The van der Waals surface area contributed by atoms with E-state index in [-0.39, 0.29) is 35.5 Å². The zero-order valence-electron chi connectivity index (χ0n) is 27.0. The van der Waals surface area contributed by atoms with Gasteiger partial charge >= 0.3 is 0 Å². The maximum Gasteiger partial charge on any atom is 0.264 e. The number of amides is 2. The van der Waals surface area contributed by atoms with Crippen LogP contribution in [0.25, 0.3) is 0 Å². The fourth-order valence-corrected chi connectivity index (χ4v) is 7.54. The number of carbonyl (C=O) groups excluding carboxylic acids is 2. The third-order valence-corrected chi connectivity index (χ3v) is 10.4. The number of anilines is 1. The van der Waals surface area contributed by atoms with Crippen molar-refractivity contribution in [1.82, 2.24) is 10.2 Å². The number of nitrogens with one attached hydrogen (secondary N) is 1. The van der Waals surface area contributed by atoms with E-state index in [9.17, 15) is 18.0 Å². The fraction of sp³-hybridized carbons (Fsp3) is 0.316. The lowest BCUT2D eigenvalue weighted by Gasteiger charge is -2.35. The molecule has 4 aromatic rings. The number of benzene rings is 4. The Bertz CT molecular complexity index is 1730. The summed E-state index contributed by atoms with van der Waals surface area (Å²) in [4.78, 5) is 30.5. The Morgan fingerprint density at radius 2 is 1.43 bits per heavy atom. The molecule has 4 aromatic carbocycles. The Hall–Kier alpha value is -4.63. The predicted molar refractivity (Wildman–Crippen MR) is 185 cm³/mol. The molecule has 0 aromatic heterocycles. The monoisotopic (exact) mass is 653 g/mol. The van der Waals surface area contributed by atoms with Crippen LogP contribution in [-0.4, -0.2) is 50.9 Å². The van der Waals surface area contributed by atoms with Gasteiger partial charge in [0.15, 0.2) is 0 Å². The number of aryl methyl sites for hydroxylation is 1. The van der Waals surface area contributed by atoms with Crippen LogP contribution in [0, 0.1) is 6.92 Å². The van der Waals surface area contributed by atoms with Crippen molar-refractivity contribution in [1.29, 1.82) is 0 Å². The Morgan fingerprint density at radius 3 is 2.04 bits per heavy atom. The van der Waals surface area contributed by atoms with Crippen LogP contribution >= 0.6 is 0 Å². The molecule has 1 fully saturated rings. The molecule has 9 heteroatoms. The van der Waals surface area contributed by atoms with E-state index in [1.807, 2.05) is 73.7 Å². The van der Waals surface area contributed by atoms with Crippen molar-refractivity contribution in [3.05, 3.63) is 126 Å². The first kappa shape index (κ1) is 33.7. The van der Waals surface area contributed by atoms with Gasteiger partial charge in [-0.3, -0.25) is 13.9 Å². The number of hydrogen-bond acceptors (Lipinski definition) is 5. The lowest BCUT2D eigenvalue weighted by atomic mass is 9.94. The van der Waals surface area contributed by atoms with Crippen LogP contribution in [0.15, 0.2) is 114 Å². The summed E-state index contributed by atoms with van der Waals surface area (Å²) in [6.07, 6.45) is 5.31. The molecule has 0 aliphatic heterocycles. The predicted octanol–water partition coefficient (Wildman–Crippen LogP) is 6.29. The average molecular weight is 654 g/mol. The quantitative estimate of drug-likeness (QED) is 0.183. The third-order valence-electron chi connectivity index (χ3n) is 8.63. The molecule has 1 N–H and O–H groups in total. The second kappa shape index (κ2) is 15.8. The van der Waals surface area contributed by atoms with Crippen molar-refractivity contribution in [2.45, 2.75) is 69.0 Å². The van der Waals surface area contributed by atoms with Gasteiger partial charge in [-0.15, -0.1) is 0 Å². The normalized spacial score (nSPS) is 14.2. The average Bonchev–Trinajstić information content (AvgIpc) is 3.10. The summed E-state index contributed by atoms with van der Waals surface area (Å²) < 4.78 is 35.3. The summed E-state index contributed by atoms with van der Waals surface area (Å²) in [6.45, 7) is 1.44. The topological polar surface area (TPSA) is 96.0 Å². The van der Waals surface area contributed by atoms with Gasteiger partial charge in [-0.1, -0.05) is 104 Å². The molecule has 1 atom stereocenters. The van der Waals surface area contributed by atoms with Crippen molar-refractivity contribution in [2.24, 2.45) is 0 Å². The molecular formula is C38H43N3O5S. The lowest BCUT2D eigenvalue weighted by molar-refractivity contribution is -0.140. The number of hydrogen-bond donors (Lipinski definition) is 1. The van der Waals surface area contributed by atoms with Gasteiger partial charge in [-0.2, -0.15) is 0 Å². The molecule has 0 radical (unpaired) electrons. The van der Waals surface area contributed by atoms with Gasteiger partial charge in [0.05, 0.1) is 17.7 Å². The number of methoxy groups -OCH3 is 1. The molecule has 1 aliphatic rings. The third kappa shape index (κ3) is 8.60. The van der Waals surface area contributed by atoms with E-state index in [1.165, 1.54) is 24.1 Å². The van der Waals surface area contributed by atoms with Crippen LogP contribution in [-0.2, 0) is 32.6 Å². The molecule has 0 bridgehead atoms. The lowest BCUT2D eigenvalue weighted by Crippen LogP contribution is -2.55. The minimum atomic E-state index is -4.23. The second-order valence-corrected chi connectivity index (χ2v) is 13.9. The summed E-state index contributed by atoms with van der Waals surface area (Å²) >= 11 is 0. The maximum atomic E-state index is 14.7. The van der Waals surface area contributed by atoms with Crippen LogP contribution < -0.4 is 14.4 Å². The van der Waals surface area contributed by atoms with E-state index in [1.54, 1.807) is 30.3 Å². The van der Waals surface area contributed by atoms with Crippen LogP contribution in [0.4, 0.5) is 5.69 Å². The first-order valence-electron chi connectivity index (χ1n) is 16.2. The van der Waals surface area contributed by atoms with Crippen molar-refractivity contribution in [2.75, 3.05) is 18.0 Å². The van der Waals surface area contributed by atoms with Gasteiger partial charge in [-0.05, 0) is 60.7 Å². The summed E-state index contributed by atoms with van der Waals surface area (Å²) in [7, 11) is -2.76. The van der Waals surface area contributed by atoms with Crippen molar-refractivity contribution < 1.29 is 22.7 Å². The van der Waals surface area contributed by atoms with Gasteiger partial charge in [0, 0.05) is 19.0 Å². The molecule has 8 nitrogen and oxygen atoms in total. The molecule has 1 aliphatic carbocycles. The molecule has 0 saturated heterocycles. The highest BCUT2D eigenvalue weighted by atomic mass is 32.2. The fourth-order valence-electron chi connectivity index (χ4n) is 6.11. The molecule has 1 saturated carbocycles. The molecule has 0 heterocycles. The van der Waals surface area contributed by atoms with Crippen LogP contribution in [0.5, 0.6) is 5.75 Å². The largest absolute Gasteiger partial charge is 0.495 e. The first-order chi connectivity index (χ1) is 22.8. The Kier molecular flexibility index (Phi) is 11.3. The SMILES string of the molecule is COc1ccc(C)cc1N(CC(=O)N(Cc1ccccc1)[C@@H](Cc1ccccc1)C(=O)NC1CCCCC1)S(=O)(=O)c1ccccc1. The number of ether oxygens (including phenoxy) is 1. The number of sulfonamides is 1. The highest BCUT2D eigenvalue weighted by Crippen LogP contribution is 2.34. The number of rotatable bonds is 13. The van der Waals surface area contributed by atoms with Crippen molar-refractivity contribution >= 4 is 27.5 Å². The van der Waals surface area contributed by atoms with Gasteiger partial charge in [0.2, 0.25) is 11.8 Å². The summed E-state index contributed by atoms with van der Waals surface area (Å²) in [5, 5.41) is 3.24. The molecule has 5 rings (SSSR count). The van der Waals surface area contributed by atoms with Crippen LogP contribution in [0.2, 0.25) is 0 Å². The molecule has 47 heavy (non-hydrogen) atoms. The van der Waals surface area contributed by atoms with Gasteiger partial charge in [-0.25, -0.2) is 8.42 Å². The molecule has 246 valence electrons. The van der Waals surface area contributed by atoms with Gasteiger partial charge in [0.1, 0.15) is 18.3 Å². The number of carbonyl (C=O) groups is 2. The van der Waals surface area contributed by atoms with E-state index < -0.39 is 28.5 Å². The number of nitrogens with zero attached hydrogens (tertiary/aromatic N) is 2. The zero-order valence-corrected chi connectivity index (χ0v) is 27.9. The van der Waals surface area contributed by atoms with E-state index in [0.29, 0.717) is 5.75 Å². The minimum absolute atomic E-state index is 0.0368. The molecular weight excluding hydrogens is 611 g/mol. The summed E-state index contributed by atoms with van der Waals surface area (Å²) in [5.41, 5.74) is 2.78. The molecule has 0 unspecified atom stereocenters. The molecule has 2 amide bonds. The Morgan fingerprint density at radius 1 is 0.830 bits per heavy atom. The van der Waals surface area contributed by atoms with Gasteiger partial charge in [0.25, 0.3) is 10.0 Å². The Labute approximate surface area is 278 Å². The van der Waals surface area contributed by atoms with Crippen molar-refractivity contribution in [3.8, 4) is 5.75 Å². The Balaban J connectivity index is 1.58. The van der Waals surface area contributed by atoms with E-state index in [4.69, 9.17) is 4.74 Å². The highest BCUT2D eigenvalue weighted by Gasteiger charge is 2.36. The second-order valence-electron chi connectivity index (χ2n) is 12.1. The summed E-state index contributed by atoms with van der Waals surface area (Å²) in [6, 6.07) is 31.5.